The van der Waals surface area contributed by atoms with E-state index in [0.717, 1.165) is 73.7 Å². The largest absolute Gasteiger partial charge is 0.453 e. The van der Waals surface area contributed by atoms with Crippen LogP contribution in [0.5, 0.6) is 11.5 Å². The first-order chi connectivity index (χ1) is 33.2. The summed E-state index contributed by atoms with van der Waals surface area (Å²) in [6, 6.07) is 17.8. The van der Waals surface area contributed by atoms with Crippen molar-refractivity contribution in [2.75, 3.05) is 0 Å². The summed E-state index contributed by atoms with van der Waals surface area (Å²) in [6.07, 6.45) is 18.0. The zero-order valence-corrected chi connectivity index (χ0v) is 46.1. The maximum atomic E-state index is 7.40. The van der Waals surface area contributed by atoms with Gasteiger partial charge in [-0.1, -0.05) is 119 Å². The van der Waals surface area contributed by atoms with E-state index < -0.39 is 16.5 Å². The van der Waals surface area contributed by atoms with Crippen molar-refractivity contribution < 1.29 is 25.8 Å². The number of para-hydroxylation sites is 2. The standard InChI is InChI=1S/C62H76O6P2/c1-59(2,3)45-33-37-23-13-17-27-41(37)51-52-42-28-18-14-24-38(42)34-46(60(4,5)6)56(52)66-69(65-55(45)51)63-49-31-21-22-32-50(49)64-70-67-57-47(61(7,8)9)35-39-25-15-19-29-43(39)53(57)54-44-30-20-16-26-40(44)36-48(58(54)68-70)62(10,11)12/h21-22,31-36H,13-20,23-30H2,1-12H3. The van der Waals surface area contributed by atoms with Crippen molar-refractivity contribution in [3.63, 3.8) is 0 Å². The third kappa shape index (κ3) is 8.53. The Morgan fingerprint density at radius 3 is 0.800 bits per heavy atom. The van der Waals surface area contributed by atoms with E-state index in [0.29, 0.717) is 11.5 Å². The molecule has 2 aromatic heterocycles. The molecule has 0 spiro atoms. The first-order valence-electron chi connectivity index (χ1n) is 26.8. The quantitative estimate of drug-likeness (QED) is 0.175. The molecule has 70 heavy (non-hydrogen) atoms. The second-order valence-corrected chi connectivity index (χ2v) is 27.3. The Hall–Kier alpha value is -4.50. The highest BCUT2D eigenvalue weighted by atomic mass is 31.1. The predicted molar refractivity (Wildman–Crippen MR) is 293 cm³/mol. The van der Waals surface area contributed by atoms with Crippen LogP contribution in [-0.4, -0.2) is 0 Å². The average Bonchev–Trinajstić information content (AvgIpc) is 3.58. The molecular weight excluding hydrogens is 903 g/mol. The van der Waals surface area contributed by atoms with Gasteiger partial charge in [-0.15, -0.1) is 0 Å². The molecule has 0 fully saturated rings. The van der Waals surface area contributed by atoms with E-state index in [2.05, 4.69) is 107 Å². The number of benzene rings is 5. The van der Waals surface area contributed by atoms with Crippen molar-refractivity contribution in [3.05, 3.63) is 115 Å². The fourth-order valence-corrected chi connectivity index (χ4v) is 14.6. The second-order valence-electron chi connectivity index (χ2n) is 25.3. The molecule has 370 valence electrons. The third-order valence-electron chi connectivity index (χ3n) is 16.0. The summed E-state index contributed by atoms with van der Waals surface area (Å²) in [5.74, 6) is 1.07. The lowest BCUT2D eigenvalue weighted by Gasteiger charge is -2.28. The molecular formula is C62H76O6P2. The topological polar surface area (TPSA) is 71.0 Å². The van der Waals surface area contributed by atoms with Crippen LogP contribution in [0.15, 0.2) is 65.3 Å². The molecule has 4 aliphatic carbocycles. The van der Waals surface area contributed by atoms with Crippen LogP contribution >= 0.6 is 16.5 Å². The summed E-state index contributed by atoms with van der Waals surface area (Å²) < 4.78 is 44.0. The van der Waals surface area contributed by atoms with E-state index in [-0.39, 0.29) is 21.7 Å². The van der Waals surface area contributed by atoms with Gasteiger partial charge in [0.05, 0.1) is 0 Å². The molecule has 0 saturated heterocycles. The summed E-state index contributed by atoms with van der Waals surface area (Å²) >= 11 is 0. The van der Waals surface area contributed by atoms with Gasteiger partial charge in [0.2, 0.25) is 0 Å². The minimum Gasteiger partial charge on any atom is -0.390 e. The molecule has 7 aromatic rings. The van der Waals surface area contributed by atoms with Gasteiger partial charge in [0.1, 0.15) is 22.3 Å². The molecule has 0 aliphatic heterocycles. The van der Waals surface area contributed by atoms with Gasteiger partial charge in [-0.3, -0.25) is 0 Å². The molecule has 0 saturated carbocycles. The van der Waals surface area contributed by atoms with Crippen LogP contribution in [0.25, 0.3) is 43.9 Å². The Kier molecular flexibility index (Phi) is 12.0. The van der Waals surface area contributed by atoms with Crippen LogP contribution in [0.1, 0.15) is 201 Å². The van der Waals surface area contributed by atoms with E-state index >= 15 is 0 Å². The summed E-state index contributed by atoms with van der Waals surface area (Å²) in [5.41, 5.74) is 19.3. The number of fused-ring (bicyclic) bond motifs is 14. The normalized spacial score (nSPS) is 16.5. The van der Waals surface area contributed by atoms with Gasteiger partial charge in [-0.05, 0) is 181 Å². The molecule has 11 rings (SSSR count). The van der Waals surface area contributed by atoms with E-state index in [1.165, 1.54) is 140 Å². The number of hydrogen-bond donors (Lipinski definition) is 0. The van der Waals surface area contributed by atoms with E-state index in [1.54, 1.807) is 0 Å². The lowest BCUT2D eigenvalue weighted by atomic mass is 9.76. The van der Waals surface area contributed by atoms with Crippen molar-refractivity contribution in [2.24, 2.45) is 0 Å². The molecule has 5 aromatic carbocycles. The molecule has 0 radical (unpaired) electrons. The Bertz CT molecular complexity index is 2910. The van der Waals surface area contributed by atoms with Crippen molar-refractivity contribution in [1.82, 2.24) is 0 Å². The van der Waals surface area contributed by atoms with Crippen LogP contribution < -0.4 is 9.05 Å². The summed E-state index contributed by atoms with van der Waals surface area (Å²) in [6.45, 7) is 27.8. The highest BCUT2D eigenvalue weighted by Gasteiger charge is 2.34. The van der Waals surface area contributed by atoms with E-state index in [1.807, 2.05) is 24.3 Å². The maximum absolute atomic E-state index is 7.40. The second kappa shape index (κ2) is 17.6. The monoisotopic (exact) mass is 979 g/mol. The molecule has 0 amide bonds. The zero-order valence-electron chi connectivity index (χ0n) is 44.3. The van der Waals surface area contributed by atoms with Crippen LogP contribution in [0.4, 0.5) is 0 Å². The highest BCUT2D eigenvalue weighted by molar-refractivity contribution is 7.32. The fourth-order valence-electron chi connectivity index (χ4n) is 12.4. The third-order valence-corrected chi connectivity index (χ3v) is 18.0. The van der Waals surface area contributed by atoms with Crippen molar-refractivity contribution in [1.29, 1.82) is 0 Å². The number of aryl methyl sites for hydroxylation is 8. The van der Waals surface area contributed by atoms with Gasteiger partial charge in [-0.2, -0.15) is 0 Å². The van der Waals surface area contributed by atoms with Crippen molar-refractivity contribution >= 4 is 60.4 Å². The first kappa shape index (κ1) is 47.8. The van der Waals surface area contributed by atoms with Crippen molar-refractivity contribution in [2.45, 2.75) is 207 Å². The zero-order chi connectivity index (χ0) is 49.1. The predicted octanol–water partition coefficient (Wildman–Crippen LogP) is 19.3. The molecule has 0 unspecified atom stereocenters. The summed E-state index contributed by atoms with van der Waals surface area (Å²) in [5, 5.41) is 4.98. The molecule has 8 heteroatoms. The van der Waals surface area contributed by atoms with Gasteiger partial charge in [0.25, 0.3) is 0 Å². The molecule has 0 bridgehead atoms. The molecule has 0 atom stereocenters. The minimum absolute atomic E-state index is 0.190. The van der Waals surface area contributed by atoms with Crippen LogP contribution in [0.2, 0.25) is 0 Å². The Balaban J connectivity index is 1.18. The minimum atomic E-state index is -2.04. The lowest BCUT2D eigenvalue weighted by molar-refractivity contribution is 0.451. The molecule has 0 N–H and O–H groups in total. The lowest BCUT2D eigenvalue weighted by Crippen LogP contribution is -2.16. The Morgan fingerprint density at radius 2 is 0.571 bits per heavy atom. The van der Waals surface area contributed by atoms with Crippen LogP contribution in [-0.2, 0) is 73.0 Å². The van der Waals surface area contributed by atoms with Gasteiger partial charge < -0.3 is 25.8 Å². The van der Waals surface area contributed by atoms with Gasteiger partial charge in [-0.25, -0.2) is 0 Å². The molecule has 6 nitrogen and oxygen atoms in total. The highest BCUT2D eigenvalue weighted by Crippen LogP contribution is 2.52. The van der Waals surface area contributed by atoms with Gasteiger partial charge in [0, 0.05) is 43.8 Å². The smallest absolute Gasteiger partial charge is 0.390 e. The summed E-state index contributed by atoms with van der Waals surface area (Å²) in [4.78, 5) is 0. The number of rotatable bonds is 4. The van der Waals surface area contributed by atoms with Gasteiger partial charge in [0.15, 0.2) is 11.5 Å². The Labute approximate surface area is 418 Å². The van der Waals surface area contributed by atoms with Crippen molar-refractivity contribution in [3.8, 4) is 11.5 Å². The SMILES string of the molecule is CC(C)(C)c1cc2c(c3c1op(Oc1ccccc1Op1oc4c(C(C)(C)C)cc5c(c4c4c6c(cc(C(C)(C)C)c4o1)CCCC6)CCCC5)oc1c(C(C)(C)C)cc4c(c13)CCCC4)CCCC2. The fraction of sp³-hybridized carbons (Fsp3) is 0.516. The van der Waals surface area contributed by atoms with Gasteiger partial charge >= 0.3 is 16.5 Å². The van der Waals surface area contributed by atoms with E-state index in [4.69, 9.17) is 25.8 Å². The molecule has 4 aliphatic rings. The van der Waals surface area contributed by atoms with Crippen LogP contribution in [0, 0.1) is 0 Å². The van der Waals surface area contributed by atoms with Crippen LogP contribution in [0.3, 0.4) is 0 Å². The summed E-state index contributed by atoms with van der Waals surface area (Å²) in [7, 11) is -4.08. The van der Waals surface area contributed by atoms with E-state index in [9.17, 15) is 0 Å². The first-order valence-corrected chi connectivity index (χ1v) is 29.0. The number of hydrogen-bond acceptors (Lipinski definition) is 6. The molecule has 2 heterocycles. The Morgan fingerprint density at radius 1 is 0.343 bits per heavy atom. The maximum Gasteiger partial charge on any atom is 0.453 e. The average molecular weight is 979 g/mol.